The molecule has 0 radical (unpaired) electrons. The van der Waals surface area contributed by atoms with Crippen molar-refractivity contribution in [3.8, 4) is 0 Å². The van der Waals surface area contributed by atoms with Gasteiger partial charge in [-0.05, 0) is 33.2 Å². The van der Waals surface area contributed by atoms with E-state index < -0.39 is 5.60 Å². The largest absolute Gasteiger partial charge is 0.395 e. The highest BCUT2D eigenvalue weighted by atomic mass is 16.3. The fourth-order valence-electron chi connectivity index (χ4n) is 1.81. The number of hydrogen-bond acceptors (Lipinski definition) is 3. The molecule has 1 heterocycles. The van der Waals surface area contributed by atoms with Crippen molar-refractivity contribution in [2.24, 2.45) is 0 Å². The number of hydrogen-bond donors (Lipinski definition) is 2. The molecule has 12 heavy (non-hydrogen) atoms. The summed E-state index contributed by atoms with van der Waals surface area (Å²) in [5.41, 5.74) is -0.641. The summed E-state index contributed by atoms with van der Waals surface area (Å²) >= 11 is 0. The van der Waals surface area contributed by atoms with Gasteiger partial charge in [-0.15, -0.1) is 0 Å². The molecule has 0 aromatic carbocycles. The van der Waals surface area contributed by atoms with Gasteiger partial charge in [-0.3, -0.25) is 4.90 Å². The number of rotatable bonds is 3. The van der Waals surface area contributed by atoms with Crippen LogP contribution < -0.4 is 0 Å². The minimum absolute atomic E-state index is 0.218. The first-order valence-corrected chi connectivity index (χ1v) is 4.60. The molecule has 0 saturated carbocycles. The van der Waals surface area contributed by atoms with Crippen LogP contribution in [0.15, 0.2) is 0 Å². The molecule has 3 heteroatoms. The van der Waals surface area contributed by atoms with Crippen LogP contribution in [0.2, 0.25) is 0 Å². The molecule has 2 N–H and O–H groups in total. The molecule has 0 aliphatic carbocycles. The smallest absolute Gasteiger partial charge is 0.0718 e. The van der Waals surface area contributed by atoms with Gasteiger partial charge in [0.1, 0.15) is 0 Å². The summed E-state index contributed by atoms with van der Waals surface area (Å²) in [5, 5.41) is 18.6. The third kappa shape index (κ3) is 2.73. The number of aliphatic hydroxyl groups excluding tert-OH is 1. The molecular weight excluding hydrogens is 154 g/mol. The van der Waals surface area contributed by atoms with Crippen molar-refractivity contribution in [3.05, 3.63) is 0 Å². The van der Waals surface area contributed by atoms with Crippen LogP contribution in [-0.2, 0) is 0 Å². The van der Waals surface area contributed by atoms with Gasteiger partial charge in [0.25, 0.3) is 0 Å². The van der Waals surface area contributed by atoms with Crippen LogP contribution in [0.1, 0.15) is 26.7 Å². The van der Waals surface area contributed by atoms with Crippen LogP contribution in [0, 0.1) is 0 Å². The molecule has 0 aromatic heterocycles. The average Bonchev–Trinajstić information content (AvgIpc) is 2.31. The maximum absolute atomic E-state index is 9.57. The molecule has 1 fully saturated rings. The van der Waals surface area contributed by atoms with Gasteiger partial charge in [0.15, 0.2) is 0 Å². The lowest BCUT2D eigenvalue weighted by Gasteiger charge is -2.29. The molecule has 0 spiro atoms. The summed E-state index contributed by atoms with van der Waals surface area (Å²) < 4.78 is 0. The van der Waals surface area contributed by atoms with Gasteiger partial charge in [-0.1, -0.05) is 0 Å². The van der Waals surface area contributed by atoms with Crippen LogP contribution in [0.5, 0.6) is 0 Å². The Labute approximate surface area is 74.0 Å². The predicted octanol–water partition coefficient (Wildman–Crippen LogP) is 0.214. The summed E-state index contributed by atoms with van der Waals surface area (Å²) in [7, 11) is 0. The first-order valence-electron chi connectivity index (χ1n) is 4.60. The predicted molar refractivity (Wildman–Crippen MR) is 48.0 cm³/mol. The van der Waals surface area contributed by atoms with Gasteiger partial charge in [-0.25, -0.2) is 0 Å². The third-order valence-corrected chi connectivity index (χ3v) is 2.30. The monoisotopic (exact) mass is 173 g/mol. The zero-order valence-corrected chi connectivity index (χ0v) is 7.95. The molecule has 1 rings (SSSR count). The summed E-state index contributed by atoms with van der Waals surface area (Å²) in [6, 6.07) is 0.274. The second-order valence-electron chi connectivity index (χ2n) is 4.26. The molecule has 0 unspecified atom stereocenters. The zero-order chi connectivity index (χ0) is 9.19. The molecule has 72 valence electrons. The highest BCUT2D eigenvalue weighted by Gasteiger charge is 2.27. The molecule has 1 atom stereocenters. The van der Waals surface area contributed by atoms with Crippen LogP contribution >= 0.6 is 0 Å². The van der Waals surface area contributed by atoms with E-state index in [4.69, 9.17) is 5.11 Å². The Bertz CT molecular complexity index is 142. The molecule has 0 bridgehead atoms. The van der Waals surface area contributed by atoms with Crippen molar-refractivity contribution in [3.63, 3.8) is 0 Å². The lowest BCUT2D eigenvalue weighted by Crippen LogP contribution is -2.42. The van der Waals surface area contributed by atoms with Gasteiger partial charge < -0.3 is 10.2 Å². The van der Waals surface area contributed by atoms with Crippen LogP contribution in [0.3, 0.4) is 0 Å². The van der Waals surface area contributed by atoms with Gasteiger partial charge >= 0.3 is 0 Å². The fraction of sp³-hybridized carbons (Fsp3) is 1.00. The Morgan fingerprint density at radius 3 is 2.67 bits per heavy atom. The second kappa shape index (κ2) is 3.73. The van der Waals surface area contributed by atoms with Crippen molar-refractivity contribution in [2.75, 3.05) is 19.7 Å². The Balaban J connectivity index is 2.41. The summed E-state index contributed by atoms with van der Waals surface area (Å²) in [5.74, 6) is 0. The first kappa shape index (κ1) is 9.96. The van der Waals surface area contributed by atoms with E-state index in [1.807, 2.05) is 0 Å². The first-order chi connectivity index (χ1) is 5.53. The Hall–Kier alpha value is -0.120. The fourth-order valence-corrected chi connectivity index (χ4v) is 1.81. The molecule has 0 aromatic rings. The van der Waals surface area contributed by atoms with E-state index in [1.54, 1.807) is 13.8 Å². The van der Waals surface area contributed by atoms with Crippen molar-refractivity contribution in [1.82, 2.24) is 4.90 Å². The molecule has 1 aliphatic rings. The highest BCUT2D eigenvalue weighted by molar-refractivity contribution is 4.82. The standard InChI is InChI=1S/C9H19NO2/c1-9(2,12)7-10-5-3-4-8(10)6-11/h8,11-12H,3-7H2,1-2H3/t8-/m0/s1. The van der Waals surface area contributed by atoms with Gasteiger partial charge in [0.05, 0.1) is 12.2 Å². The number of aliphatic hydroxyl groups is 2. The van der Waals surface area contributed by atoms with Gasteiger partial charge in [0, 0.05) is 12.6 Å². The van der Waals surface area contributed by atoms with E-state index in [9.17, 15) is 5.11 Å². The van der Waals surface area contributed by atoms with E-state index in [1.165, 1.54) is 0 Å². The van der Waals surface area contributed by atoms with E-state index in [2.05, 4.69) is 4.90 Å². The number of likely N-dealkylation sites (tertiary alicyclic amines) is 1. The van der Waals surface area contributed by atoms with Crippen molar-refractivity contribution < 1.29 is 10.2 Å². The number of β-amino-alcohol motifs (C(OH)–C–C–N with tert-alkyl or cyclic N) is 1. The van der Waals surface area contributed by atoms with Gasteiger partial charge in [0.2, 0.25) is 0 Å². The van der Waals surface area contributed by atoms with E-state index in [-0.39, 0.29) is 12.6 Å². The topological polar surface area (TPSA) is 43.7 Å². The summed E-state index contributed by atoms with van der Waals surface area (Å²) in [6.45, 7) is 5.50. The normalized spacial score (nSPS) is 26.5. The number of nitrogens with zero attached hydrogens (tertiary/aromatic N) is 1. The maximum Gasteiger partial charge on any atom is 0.0718 e. The molecule has 3 nitrogen and oxygen atoms in total. The van der Waals surface area contributed by atoms with Crippen molar-refractivity contribution in [2.45, 2.75) is 38.3 Å². The Kier molecular flexibility index (Phi) is 3.09. The van der Waals surface area contributed by atoms with E-state index in [0.29, 0.717) is 6.54 Å². The molecular formula is C9H19NO2. The molecule has 0 amide bonds. The molecule has 1 saturated heterocycles. The summed E-state index contributed by atoms with van der Waals surface area (Å²) in [6.07, 6.45) is 2.20. The van der Waals surface area contributed by atoms with E-state index in [0.717, 1.165) is 19.4 Å². The summed E-state index contributed by atoms with van der Waals surface area (Å²) in [4.78, 5) is 2.17. The minimum Gasteiger partial charge on any atom is -0.395 e. The maximum atomic E-state index is 9.57. The van der Waals surface area contributed by atoms with Crippen LogP contribution in [0.25, 0.3) is 0 Å². The second-order valence-corrected chi connectivity index (χ2v) is 4.26. The van der Waals surface area contributed by atoms with E-state index >= 15 is 0 Å². The molecule has 1 aliphatic heterocycles. The Morgan fingerprint density at radius 2 is 2.17 bits per heavy atom. The Morgan fingerprint density at radius 1 is 1.50 bits per heavy atom. The van der Waals surface area contributed by atoms with Crippen molar-refractivity contribution in [1.29, 1.82) is 0 Å². The van der Waals surface area contributed by atoms with Crippen LogP contribution in [0.4, 0.5) is 0 Å². The zero-order valence-electron chi connectivity index (χ0n) is 7.95. The van der Waals surface area contributed by atoms with Gasteiger partial charge in [-0.2, -0.15) is 0 Å². The van der Waals surface area contributed by atoms with Crippen molar-refractivity contribution >= 4 is 0 Å². The average molecular weight is 173 g/mol. The lowest BCUT2D eigenvalue weighted by atomic mass is 10.1. The highest BCUT2D eigenvalue weighted by Crippen LogP contribution is 2.19. The quantitative estimate of drug-likeness (QED) is 0.641. The van der Waals surface area contributed by atoms with Crippen LogP contribution in [-0.4, -0.2) is 46.5 Å². The minimum atomic E-state index is -0.641. The lowest BCUT2D eigenvalue weighted by molar-refractivity contribution is 0.0234. The third-order valence-electron chi connectivity index (χ3n) is 2.30. The SMILES string of the molecule is CC(C)(O)CN1CCC[C@H]1CO.